The molecular weight excluding hydrogens is 349 g/mol. The van der Waals surface area contributed by atoms with Crippen molar-refractivity contribution < 1.29 is 12.8 Å². The zero-order valence-corrected chi connectivity index (χ0v) is 13.3. The molecule has 2 aromatic rings. The third-order valence-electron chi connectivity index (χ3n) is 2.77. The molecule has 0 spiro atoms. The van der Waals surface area contributed by atoms with Crippen LogP contribution >= 0.6 is 15.9 Å². The molecule has 1 aromatic heterocycles. The number of aromatic nitrogens is 2. The highest BCUT2D eigenvalue weighted by atomic mass is 79.9. The number of benzene rings is 1. The van der Waals surface area contributed by atoms with E-state index in [4.69, 9.17) is 0 Å². The molecule has 0 radical (unpaired) electrons. The number of nitrogens with zero attached hydrogens (tertiary/aromatic N) is 2. The van der Waals surface area contributed by atoms with Crippen LogP contribution in [0.1, 0.15) is 11.3 Å². The van der Waals surface area contributed by atoms with Gasteiger partial charge in [-0.1, -0.05) is 0 Å². The summed E-state index contributed by atoms with van der Waals surface area (Å²) in [6.45, 7) is 1.91. The lowest BCUT2D eigenvalue weighted by atomic mass is 10.3. The van der Waals surface area contributed by atoms with Crippen LogP contribution in [0.2, 0.25) is 0 Å². The number of aryl methyl sites for hydroxylation is 2. The van der Waals surface area contributed by atoms with E-state index in [-0.39, 0.29) is 15.9 Å². The zero-order chi connectivity index (χ0) is 14.9. The van der Waals surface area contributed by atoms with Crippen molar-refractivity contribution in [1.29, 1.82) is 0 Å². The van der Waals surface area contributed by atoms with Gasteiger partial charge < -0.3 is 0 Å². The summed E-state index contributed by atoms with van der Waals surface area (Å²) in [6, 6.07) is 3.67. The average molecular weight is 362 g/mol. The van der Waals surface area contributed by atoms with Crippen molar-refractivity contribution in [3.05, 3.63) is 45.9 Å². The van der Waals surface area contributed by atoms with Crippen molar-refractivity contribution in [1.82, 2.24) is 14.5 Å². The van der Waals surface area contributed by atoms with E-state index >= 15 is 0 Å². The Morgan fingerprint density at radius 3 is 2.70 bits per heavy atom. The molecule has 108 valence electrons. The Morgan fingerprint density at radius 1 is 1.45 bits per heavy atom. The number of nitrogens with one attached hydrogen (secondary N) is 1. The molecule has 0 aliphatic heterocycles. The van der Waals surface area contributed by atoms with Gasteiger partial charge in [-0.25, -0.2) is 17.5 Å². The summed E-state index contributed by atoms with van der Waals surface area (Å²) in [5.41, 5.74) is 1.52. The lowest BCUT2D eigenvalue weighted by Crippen LogP contribution is -2.23. The fourth-order valence-corrected chi connectivity index (χ4v) is 2.99. The molecule has 1 heterocycles. The summed E-state index contributed by atoms with van der Waals surface area (Å²) in [6.07, 6.45) is 1.74. The maximum Gasteiger partial charge on any atom is 0.240 e. The van der Waals surface area contributed by atoms with E-state index in [1.165, 1.54) is 12.1 Å². The van der Waals surface area contributed by atoms with Crippen LogP contribution in [0.25, 0.3) is 0 Å². The average Bonchev–Trinajstić information content (AvgIpc) is 2.69. The molecule has 2 rings (SSSR count). The first-order valence-corrected chi connectivity index (χ1v) is 8.01. The van der Waals surface area contributed by atoms with Gasteiger partial charge in [0.1, 0.15) is 5.82 Å². The Labute approximate surface area is 125 Å². The summed E-state index contributed by atoms with van der Waals surface area (Å²) in [4.78, 5) is -0.111. The molecule has 1 aromatic carbocycles. The predicted octanol–water partition coefficient (Wildman–Crippen LogP) is 2.11. The predicted molar refractivity (Wildman–Crippen MR) is 76.1 cm³/mol. The number of rotatable bonds is 4. The molecule has 8 heteroatoms. The molecule has 0 aliphatic carbocycles. The Morgan fingerprint density at radius 2 is 2.15 bits per heavy atom. The summed E-state index contributed by atoms with van der Waals surface area (Å²) >= 11 is 2.98. The van der Waals surface area contributed by atoms with Crippen LogP contribution < -0.4 is 4.72 Å². The highest BCUT2D eigenvalue weighted by molar-refractivity contribution is 9.10. The Bertz CT molecular complexity index is 743. The minimum Gasteiger partial charge on any atom is -0.275 e. The van der Waals surface area contributed by atoms with Crippen LogP contribution in [-0.4, -0.2) is 18.2 Å². The van der Waals surface area contributed by atoms with Crippen LogP contribution in [0.15, 0.2) is 33.8 Å². The Balaban J connectivity index is 2.19. The van der Waals surface area contributed by atoms with Gasteiger partial charge in [0, 0.05) is 25.4 Å². The van der Waals surface area contributed by atoms with Crippen molar-refractivity contribution >= 4 is 26.0 Å². The Hall–Kier alpha value is -1.25. The van der Waals surface area contributed by atoms with E-state index < -0.39 is 15.8 Å². The first kappa shape index (κ1) is 15.1. The van der Waals surface area contributed by atoms with Crippen molar-refractivity contribution in [2.75, 3.05) is 0 Å². The third-order valence-corrected chi connectivity index (χ3v) is 4.81. The quantitative estimate of drug-likeness (QED) is 0.906. The summed E-state index contributed by atoms with van der Waals surface area (Å²) in [5.74, 6) is -0.620. The molecule has 20 heavy (non-hydrogen) atoms. The second kappa shape index (κ2) is 5.63. The normalized spacial score (nSPS) is 11.8. The van der Waals surface area contributed by atoms with Crippen LogP contribution in [0.5, 0.6) is 0 Å². The molecule has 0 aliphatic rings. The summed E-state index contributed by atoms with van der Waals surface area (Å²) in [5, 5.41) is 4.13. The second-order valence-electron chi connectivity index (χ2n) is 4.31. The van der Waals surface area contributed by atoms with Crippen LogP contribution in [0.4, 0.5) is 4.39 Å². The minimum absolute atomic E-state index is 0.111. The van der Waals surface area contributed by atoms with Crippen LogP contribution in [0.3, 0.4) is 0 Å². The molecule has 0 amide bonds. The van der Waals surface area contributed by atoms with Gasteiger partial charge in [0.05, 0.1) is 15.1 Å². The summed E-state index contributed by atoms with van der Waals surface area (Å²) in [7, 11) is -1.99. The van der Waals surface area contributed by atoms with E-state index in [1.807, 2.05) is 0 Å². The molecule has 0 atom stereocenters. The maximum absolute atomic E-state index is 13.4. The number of halogens is 2. The molecule has 0 fully saturated rings. The molecule has 0 bridgehead atoms. The molecule has 0 unspecified atom stereocenters. The third kappa shape index (κ3) is 3.25. The van der Waals surface area contributed by atoms with E-state index in [0.717, 1.165) is 17.3 Å². The molecule has 1 N–H and O–H groups in total. The van der Waals surface area contributed by atoms with Crippen molar-refractivity contribution in [3.8, 4) is 0 Å². The molecular formula is C12H13BrFN3O2S. The van der Waals surface area contributed by atoms with Crippen molar-refractivity contribution in [2.24, 2.45) is 7.05 Å². The topological polar surface area (TPSA) is 64.0 Å². The first-order valence-electron chi connectivity index (χ1n) is 5.73. The fraction of sp³-hybridized carbons (Fsp3) is 0.250. The van der Waals surface area contributed by atoms with Gasteiger partial charge in [-0.2, -0.15) is 5.10 Å². The largest absolute Gasteiger partial charge is 0.275 e. The van der Waals surface area contributed by atoms with Gasteiger partial charge in [-0.05, 0) is 41.1 Å². The van der Waals surface area contributed by atoms with Crippen LogP contribution in [0, 0.1) is 12.7 Å². The van der Waals surface area contributed by atoms with E-state index in [1.54, 1.807) is 24.9 Å². The smallest absolute Gasteiger partial charge is 0.240 e. The maximum atomic E-state index is 13.4. The highest BCUT2D eigenvalue weighted by Gasteiger charge is 2.16. The van der Waals surface area contributed by atoms with Crippen LogP contribution in [-0.2, 0) is 23.6 Å². The lowest BCUT2D eigenvalue weighted by molar-refractivity contribution is 0.576. The minimum atomic E-state index is -3.75. The number of sulfonamides is 1. The fourth-order valence-electron chi connectivity index (χ4n) is 1.72. The molecule has 5 nitrogen and oxygen atoms in total. The number of hydrogen-bond acceptors (Lipinski definition) is 3. The first-order chi connectivity index (χ1) is 9.29. The van der Waals surface area contributed by atoms with E-state index in [0.29, 0.717) is 0 Å². The van der Waals surface area contributed by atoms with Crippen molar-refractivity contribution in [3.63, 3.8) is 0 Å². The SMILES string of the molecule is Cc1nn(C)cc1CNS(=O)(=O)c1ccc(Br)c(F)c1. The van der Waals surface area contributed by atoms with Gasteiger partial charge >= 0.3 is 0 Å². The van der Waals surface area contributed by atoms with E-state index in [2.05, 4.69) is 25.8 Å². The van der Waals surface area contributed by atoms with E-state index in [9.17, 15) is 12.8 Å². The van der Waals surface area contributed by atoms with Gasteiger partial charge in [0.25, 0.3) is 0 Å². The zero-order valence-electron chi connectivity index (χ0n) is 10.9. The second-order valence-corrected chi connectivity index (χ2v) is 6.94. The molecule has 0 saturated carbocycles. The number of hydrogen-bond donors (Lipinski definition) is 1. The van der Waals surface area contributed by atoms with Gasteiger partial charge in [-0.3, -0.25) is 4.68 Å². The van der Waals surface area contributed by atoms with Gasteiger partial charge in [0.2, 0.25) is 10.0 Å². The Kier molecular flexibility index (Phi) is 4.26. The van der Waals surface area contributed by atoms with Gasteiger partial charge in [0.15, 0.2) is 0 Å². The highest BCUT2D eigenvalue weighted by Crippen LogP contribution is 2.19. The van der Waals surface area contributed by atoms with Gasteiger partial charge in [-0.15, -0.1) is 0 Å². The molecule has 0 saturated heterocycles. The van der Waals surface area contributed by atoms with Crippen molar-refractivity contribution in [2.45, 2.75) is 18.4 Å². The summed E-state index contributed by atoms with van der Waals surface area (Å²) < 4.78 is 41.8. The lowest BCUT2D eigenvalue weighted by Gasteiger charge is -2.06. The standard InChI is InChI=1S/C12H13BrFN3O2S/c1-8-9(7-17(2)16-8)6-15-20(18,19)10-3-4-11(13)12(14)5-10/h3-5,7,15H,6H2,1-2H3. The monoisotopic (exact) mass is 361 g/mol.